The van der Waals surface area contributed by atoms with Crippen LogP contribution in [0.5, 0.6) is 0 Å². The van der Waals surface area contributed by atoms with Crippen LogP contribution in [-0.4, -0.2) is 60.0 Å². The molecule has 3 fully saturated rings. The van der Waals surface area contributed by atoms with E-state index in [1.54, 1.807) is 0 Å². The van der Waals surface area contributed by atoms with Crippen molar-refractivity contribution in [3.8, 4) is 0 Å². The molecule has 3 saturated heterocycles. The number of amides is 1. The molecule has 2 atom stereocenters. The van der Waals surface area contributed by atoms with E-state index >= 15 is 0 Å². The molecule has 3 heterocycles. The first-order valence-electron chi connectivity index (χ1n) is 9.21. The summed E-state index contributed by atoms with van der Waals surface area (Å²) in [5, 5.41) is 0.832. The average Bonchev–Trinajstić information content (AvgIpc) is 3.08. The minimum atomic E-state index is 0.0382. The van der Waals surface area contributed by atoms with Crippen molar-refractivity contribution in [1.29, 1.82) is 0 Å². The molecule has 3 aliphatic heterocycles. The average molecular weight is 348 g/mol. The van der Waals surface area contributed by atoms with Crippen LogP contribution in [0.2, 0.25) is 5.02 Å². The summed E-state index contributed by atoms with van der Waals surface area (Å²) in [6.07, 6.45) is 4.56. The zero-order valence-corrected chi connectivity index (χ0v) is 15.1. The van der Waals surface area contributed by atoms with Crippen LogP contribution >= 0.6 is 11.6 Å². The highest BCUT2D eigenvalue weighted by atomic mass is 35.5. The lowest BCUT2D eigenvalue weighted by Crippen LogP contribution is -2.62. The van der Waals surface area contributed by atoms with E-state index in [0.717, 1.165) is 49.7 Å². The highest BCUT2D eigenvalue weighted by molar-refractivity contribution is 6.33. The van der Waals surface area contributed by atoms with Gasteiger partial charge in [0.15, 0.2) is 0 Å². The second-order valence-electron chi connectivity index (χ2n) is 7.37. The number of hydrogen-bond donors (Lipinski definition) is 0. The Morgan fingerprint density at radius 3 is 2.54 bits per heavy atom. The van der Waals surface area contributed by atoms with Crippen LogP contribution in [0.15, 0.2) is 24.3 Å². The van der Waals surface area contributed by atoms with Crippen LogP contribution in [0.4, 0.5) is 5.69 Å². The van der Waals surface area contributed by atoms with E-state index in [1.807, 2.05) is 18.2 Å². The van der Waals surface area contributed by atoms with Crippen molar-refractivity contribution >= 4 is 23.2 Å². The first-order chi connectivity index (χ1) is 11.6. The fourth-order valence-electron chi connectivity index (χ4n) is 4.71. The Hall–Kier alpha value is -1.26. The molecule has 1 aromatic carbocycles. The lowest BCUT2D eigenvalue weighted by Gasteiger charge is -2.47. The third-order valence-corrected chi connectivity index (χ3v) is 6.38. The Morgan fingerprint density at radius 1 is 1.04 bits per heavy atom. The van der Waals surface area contributed by atoms with E-state index in [9.17, 15) is 4.79 Å². The van der Waals surface area contributed by atoms with Crippen LogP contribution in [0.25, 0.3) is 0 Å². The maximum Gasteiger partial charge on any atom is 0.239 e. The molecule has 0 bridgehead atoms. The summed E-state index contributed by atoms with van der Waals surface area (Å²) >= 11 is 6.34. The van der Waals surface area contributed by atoms with Crippen LogP contribution in [0, 0.1) is 0 Å². The molecule has 130 valence electrons. The molecule has 0 aliphatic carbocycles. The van der Waals surface area contributed by atoms with Gasteiger partial charge in [0.25, 0.3) is 0 Å². The van der Waals surface area contributed by atoms with Gasteiger partial charge >= 0.3 is 0 Å². The number of halogens is 1. The first-order valence-corrected chi connectivity index (χ1v) is 9.58. The number of carbonyl (C=O) groups excluding carboxylic acids is 1. The van der Waals surface area contributed by atoms with Crippen LogP contribution in [0.3, 0.4) is 0 Å². The predicted molar refractivity (Wildman–Crippen MR) is 97.6 cm³/mol. The first kappa shape index (κ1) is 16.2. The summed E-state index contributed by atoms with van der Waals surface area (Å²) in [5.74, 6) is 0.345. The van der Waals surface area contributed by atoms with E-state index < -0.39 is 0 Å². The van der Waals surface area contributed by atoms with Gasteiger partial charge in [0, 0.05) is 38.3 Å². The smallest absolute Gasteiger partial charge is 0.239 e. The Bertz CT molecular complexity index is 614. The second kappa shape index (κ2) is 6.57. The van der Waals surface area contributed by atoms with Crippen LogP contribution < -0.4 is 4.90 Å². The zero-order valence-electron chi connectivity index (χ0n) is 14.3. The van der Waals surface area contributed by atoms with E-state index in [2.05, 4.69) is 27.7 Å². The van der Waals surface area contributed by atoms with Gasteiger partial charge in [0.2, 0.25) is 5.91 Å². The van der Waals surface area contributed by atoms with E-state index in [4.69, 9.17) is 11.6 Å². The topological polar surface area (TPSA) is 26.8 Å². The number of hydrogen-bond acceptors (Lipinski definition) is 3. The maximum atomic E-state index is 12.6. The number of para-hydroxylation sites is 1. The molecule has 4 rings (SSSR count). The quantitative estimate of drug-likeness (QED) is 0.822. The van der Waals surface area contributed by atoms with Crippen molar-refractivity contribution in [3.63, 3.8) is 0 Å². The number of fused-ring (bicyclic) bond motifs is 1. The summed E-state index contributed by atoms with van der Waals surface area (Å²) in [4.78, 5) is 19.6. The molecule has 24 heavy (non-hydrogen) atoms. The van der Waals surface area contributed by atoms with Gasteiger partial charge in [-0.05, 0) is 44.7 Å². The summed E-state index contributed by atoms with van der Waals surface area (Å²) in [6, 6.07) is 9.10. The van der Waals surface area contributed by atoms with Gasteiger partial charge in [-0.3, -0.25) is 9.69 Å². The van der Waals surface area contributed by atoms with Gasteiger partial charge < -0.3 is 9.80 Å². The highest BCUT2D eigenvalue weighted by Crippen LogP contribution is 2.32. The molecule has 1 amide bonds. The predicted octanol–water partition coefficient (Wildman–Crippen LogP) is 3.00. The highest BCUT2D eigenvalue weighted by Gasteiger charge is 2.43. The number of carbonyl (C=O) groups is 1. The van der Waals surface area contributed by atoms with Gasteiger partial charge in [0.05, 0.1) is 16.8 Å². The summed E-state index contributed by atoms with van der Waals surface area (Å²) < 4.78 is 0. The van der Waals surface area contributed by atoms with Gasteiger partial charge in [-0.1, -0.05) is 23.7 Å². The third kappa shape index (κ3) is 2.80. The molecule has 0 N–H and O–H groups in total. The summed E-state index contributed by atoms with van der Waals surface area (Å²) in [6.45, 7) is 6.15. The molecule has 0 spiro atoms. The number of piperidine rings is 1. The molecule has 5 heteroatoms. The fraction of sp³-hybridized carbons (Fsp3) is 0.632. The molecular formula is C19H26ClN3O. The van der Waals surface area contributed by atoms with Gasteiger partial charge in [-0.25, -0.2) is 0 Å². The SMILES string of the molecule is C[C@@H]1C(=O)N2CCC[C@H]2CN1C1CCN(c2ccccc2Cl)CC1. The number of nitrogens with zero attached hydrogens (tertiary/aromatic N) is 3. The van der Waals surface area contributed by atoms with Crippen molar-refractivity contribution in [1.82, 2.24) is 9.80 Å². The van der Waals surface area contributed by atoms with Crippen LogP contribution in [-0.2, 0) is 4.79 Å². The lowest BCUT2D eigenvalue weighted by atomic mass is 9.97. The van der Waals surface area contributed by atoms with E-state index in [0.29, 0.717) is 18.0 Å². The third-order valence-electron chi connectivity index (χ3n) is 6.06. The second-order valence-corrected chi connectivity index (χ2v) is 7.78. The van der Waals surface area contributed by atoms with Gasteiger partial charge in [-0.15, -0.1) is 0 Å². The van der Waals surface area contributed by atoms with E-state index in [1.165, 1.54) is 12.8 Å². The van der Waals surface area contributed by atoms with Crippen LogP contribution in [0.1, 0.15) is 32.6 Å². The number of anilines is 1. The Kier molecular flexibility index (Phi) is 4.44. The van der Waals surface area contributed by atoms with Gasteiger partial charge in [0.1, 0.15) is 0 Å². The fourth-order valence-corrected chi connectivity index (χ4v) is 4.97. The molecule has 0 saturated carbocycles. The molecule has 0 aromatic heterocycles. The van der Waals surface area contributed by atoms with Crippen molar-refractivity contribution < 1.29 is 4.79 Å². The number of rotatable bonds is 2. The Morgan fingerprint density at radius 2 is 1.79 bits per heavy atom. The summed E-state index contributed by atoms with van der Waals surface area (Å²) in [5.41, 5.74) is 1.14. The van der Waals surface area contributed by atoms with Crippen molar-refractivity contribution in [2.75, 3.05) is 31.1 Å². The van der Waals surface area contributed by atoms with Crippen molar-refractivity contribution in [2.24, 2.45) is 0 Å². The monoisotopic (exact) mass is 347 g/mol. The van der Waals surface area contributed by atoms with Gasteiger partial charge in [-0.2, -0.15) is 0 Å². The minimum Gasteiger partial charge on any atom is -0.370 e. The molecule has 0 radical (unpaired) electrons. The van der Waals surface area contributed by atoms with E-state index in [-0.39, 0.29) is 6.04 Å². The Balaban J connectivity index is 1.42. The Labute approximate surface area is 149 Å². The number of piperazine rings is 1. The molecular weight excluding hydrogens is 322 g/mol. The molecule has 3 aliphatic rings. The maximum absolute atomic E-state index is 12.6. The molecule has 1 aromatic rings. The van der Waals surface area contributed by atoms with Crippen molar-refractivity contribution in [3.05, 3.63) is 29.3 Å². The normalized spacial score (nSPS) is 29.2. The zero-order chi connectivity index (χ0) is 16.7. The summed E-state index contributed by atoms with van der Waals surface area (Å²) in [7, 11) is 0. The number of benzene rings is 1. The lowest BCUT2D eigenvalue weighted by molar-refractivity contribution is -0.145. The standard InChI is InChI=1S/C19H26ClN3O/c1-14-19(24)22-10-4-5-16(22)13-23(14)15-8-11-21(12-9-15)18-7-3-2-6-17(18)20/h2-3,6-7,14-16H,4-5,8-13H2,1H3/t14-,16+/m1/s1. The molecule has 0 unspecified atom stereocenters. The molecule has 4 nitrogen and oxygen atoms in total. The largest absolute Gasteiger partial charge is 0.370 e. The minimum absolute atomic E-state index is 0.0382. The van der Waals surface area contributed by atoms with Crippen molar-refractivity contribution in [2.45, 2.75) is 50.7 Å².